The van der Waals surface area contributed by atoms with Crippen molar-refractivity contribution in [2.45, 2.75) is 51.9 Å². The van der Waals surface area contributed by atoms with Crippen LogP contribution in [0.4, 0.5) is 4.39 Å². The molecule has 0 aromatic heterocycles. The molecule has 1 aliphatic heterocycles. The highest BCUT2D eigenvalue weighted by atomic mass is 19.1. The van der Waals surface area contributed by atoms with Gasteiger partial charge in [0.1, 0.15) is 22.9 Å². The third-order valence-corrected chi connectivity index (χ3v) is 4.43. The van der Waals surface area contributed by atoms with Gasteiger partial charge in [-0.3, -0.25) is 4.79 Å². The molecule has 0 spiro atoms. The van der Waals surface area contributed by atoms with Gasteiger partial charge in [-0.15, -0.1) is 0 Å². The third kappa shape index (κ3) is 4.15. The first kappa shape index (κ1) is 18.2. The van der Waals surface area contributed by atoms with Crippen molar-refractivity contribution >= 4 is 5.91 Å². The molecule has 0 aliphatic carbocycles. The highest BCUT2D eigenvalue weighted by Gasteiger charge is 2.35. The van der Waals surface area contributed by atoms with Gasteiger partial charge in [0.2, 0.25) is 0 Å². The molecule has 2 atom stereocenters. The third-order valence-electron chi connectivity index (χ3n) is 4.43. The van der Waals surface area contributed by atoms with Crippen molar-refractivity contribution in [2.24, 2.45) is 0 Å². The quantitative estimate of drug-likeness (QED) is 0.886. The molecule has 1 amide bonds. The number of nitrogens with one attached hydrogen (secondary N) is 1. The molecule has 0 saturated heterocycles. The van der Waals surface area contributed by atoms with Crippen molar-refractivity contribution in [1.82, 2.24) is 5.32 Å². The molecule has 0 bridgehead atoms. The zero-order chi connectivity index (χ0) is 18.9. The standard InChI is InChI=1S/C21H24FNO3/c1-13-5-10-19-17(11-13)18(12-21(3,4)26-19)23-20(24)14(2)25-16-8-6-15(22)7-9-16/h5-11,14,18H,12H2,1-4H3,(H,23,24)/t14-,18-/m1/s1. The van der Waals surface area contributed by atoms with Crippen LogP contribution in [0, 0.1) is 12.7 Å². The van der Waals surface area contributed by atoms with Crippen LogP contribution in [0.15, 0.2) is 42.5 Å². The molecule has 0 radical (unpaired) electrons. The van der Waals surface area contributed by atoms with Gasteiger partial charge in [0, 0.05) is 12.0 Å². The second-order valence-electron chi connectivity index (χ2n) is 7.38. The Morgan fingerprint density at radius 3 is 2.65 bits per heavy atom. The lowest BCUT2D eigenvalue weighted by Crippen LogP contribution is -2.44. The van der Waals surface area contributed by atoms with Gasteiger partial charge in [-0.25, -0.2) is 4.39 Å². The summed E-state index contributed by atoms with van der Waals surface area (Å²) >= 11 is 0. The fourth-order valence-corrected chi connectivity index (χ4v) is 3.16. The van der Waals surface area contributed by atoms with E-state index in [1.54, 1.807) is 6.92 Å². The van der Waals surface area contributed by atoms with Crippen LogP contribution in [-0.2, 0) is 4.79 Å². The SMILES string of the molecule is Cc1ccc2c(c1)[C@H](NC(=O)[C@@H](C)Oc1ccc(F)cc1)CC(C)(C)O2. The lowest BCUT2D eigenvalue weighted by atomic mass is 9.89. The summed E-state index contributed by atoms with van der Waals surface area (Å²) in [4.78, 5) is 12.6. The van der Waals surface area contributed by atoms with Crippen LogP contribution >= 0.6 is 0 Å². The molecule has 1 N–H and O–H groups in total. The van der Waals surface area contributed by atoms with E-state index in [1.165, 1.54) is 24.3 Å². The number of fused-ring (bicyclic) bond motifs is 1. The van der Waals surface area contributed by atoms with Gasteiger partial charge in [0.05, 0.1) is 6.04 Å². The number of benzene rings is 2. The summed E-state index contributed by atoms with van der Waals surface area (Å²) in [6, 6.07) is 11.5. The van der Waals surface area contributed by atoms with E-state index in [1.807, 2.05) is 39.0 Å². The molecule has 3 rings (SSSR count). The minimum atomic E-state index is -0.695. The van der Waals surface area contributed by atoms with E-state index in [0.717, 1.165) is 16.9 Å². The average molecular weight is 357 g/mol. The maximum atomic E-state index is 13.0. The number of carbonyl (C=O) groups is 1. The molecule has 1 aliphatic rings. The van der Waals surface area contributed by atoms with Crippen LogP contribution in [-0.4, -0.2) is 17.6 Å². The summed E-state index contributed by atoms with van der Waals surface area (Å²) < 4.78 is 24.7. The summed E-state index contributed by atoms with van der Waals surface area (Å²) in [7, 11) is 0. The Balaban J connectivity index is 1.74. The molecular weight excluding hydrogens is 333 g/mol. The Bertz CT molecular complexity index is 801. The fraction of sp³-hybridized carbons (Fsp3) is 0.381. The van der Waals surface area contributed by atoms with Crippen molar-refractivity contribution in [3.05, 3.63) is 59.4 Å². The van der Waals surface area contributed by atoms with E-state index in [9.17, 15) is 9.18 Å². The van der Waals surface area contributed by atoms with Gasteiger partial charge in [0.15, 0.2) is 6.10 Å². The molecule has 138 valence electrons. The van der Waals surface area contributed by atoms with E-state index >= 15 is 0 Å². The van der Waals surface area contributed by atoms with Crippen molar-refractivity contribution < 1.29 is 18.7 Å². The van der Waals surface area contributed by atoms with Gasteiger partial charge < -0.3 is 14.8 Å². The van der Waals surface area contributed by atoms with Crippen LogP contribution in [0.5, 0.6) is 11.5 Å². The molecular formula is C21H24FNO3. The van der Waals surface area contributed by atoms with Crippen molar-refractivity contribution in [3.63, 3.8) is 0 Å². The van der Waals surface area contributed by atoms with E-state index in [0.29, 0.717) is 12.2 Å². The lowest BCUT2D eigenvalue weighted by molar-refractivity contribution is -0.128. The number of hydrogen-bond acceptors (Lipinski definition) is 3. The first-order valence-corrected chi connectivity index (χ1v) is 8.76. The maximum Gasteiger partial charge on any atom is 0.261 e. The maximum absolute atomic E-state index is 13.0. The molecule has 4 nitrogen and oxygen atoms in total. The second kappa shape index (κ2) is 6.98. The predicted octanol–water partition coefficient (Wildman–Crippen LogP) is 4.32. The number of aryl methyl sites for hydroxylation is 1. The fourth-order valence-electron chi connectivity index (χ4n) is 3.16. The van der Waals surface area contributed by atoms with Gasteiger partial charge in [0.25, 0.3) is 5.91 Å². The lowest BCUT2D eigenvalue weighted by Gasteiger charge is -2.38. The largest absolute Gasteiger partial charge is 0.487 e. The average Bonchev–Trinajstić information content (AvgIpc) is 2.57. The summed E-state index contributed by atoms with van der Waals surface area (Å²) in [5.41, 5.74) is 1.72. The Labute approximate surface area is 153 Å². The van der Waals surface area contributed by atoms with Crippen LogP contribution in [0.1, 0.15) is 44.4 Å². The van der Waals surface area contributed by atoms with E-state index in [2.05, 4.69) is 5.32 Å². The van der Waals surface area contributed by atoms with Crippen LogP contribution in [0.3, 0.4) is 0 Å². The number of hydrogen-bond donors (Lipinski definition) is 1. The van der Waals surface area contributed by atoms with Gasteiger partial charge in [-0.1, -0.05) is 17.7 Å². The summed E-state index contributed by atoms with van der Waals surface area (Å²) in [6.45, 7) is 7.71. The van der Waals surface area contributed by atoms with Crippen molar-refractivity contribution in [2.75, 3.05) is 0 Å². The Morgan fingerprint density at radius 1 is 1.27 bits per heavy atom. The highest BCUT2D eigenvalue weighted by Crippen LogP contribution is 2.39. The molecule has 2 aromatic rings. The van der Waals surface area contributed by atoms with Gasteiger partial charge in [-0.05, 0) is 58.0 Å². The predicted molar refractivity (Wildman–Crippen MR) is 97.9 cm³/mol. The monoisotopic (exact) mass is 357 g/mol. The summed E-state index contributed by atoms with van der Waals surface area (Å²) in [5, 5.41) is 3.07. The normalized spacial score (nSPS) is 19.0. The zero-order valence-corrected chi connectivity index (χ0v) is 15.5. The number of amides is 1. The second-order valence-corrected chi connectivity index (χ2v) is 7.38. The zero-order valence-electron chi connectivity index (χ0n) is 15.5. The smallest absolute Gasteiger partial charge is 0.261 e. The number of rotatable bonds is 4. The molecule has 26 heavy (non-hydrogen) atoms. The first-order chi connectivity index (χ1) is 12.2. The molecule has 5 heteroatoms. The van der Waals surface area contributed by atoms with Gasteiger partial charge in [-0.2, -0.15) is 0 Å². The van der Waals surface area contributed by atoms with Crippen LogP contribution in [0.2, 0.25) is 0 Å². The number of carbonyl (C=O) groups excluding carboxylic acids is 1. The molecule has 0 fully saturated rings. The number of ether oxygens (including phenoxy) is 2. The topological polar surface area (TPSA) is 47.6 Å². The molecule has 2 aromatic carbocycles. The minimum Gasteiger partial charge on any atom is -0.487 e. The Hall–Kier alpha value is -2.56. The van der Waals surface area contributed by atoms with Gasteiger partial charge >= 0.3 is 0 Å². The van der Waals surface area contributed by atoms with Crippen LogP contribution in [0.25, 0.3) is 0 Å². The Kier molecular flexibility index (Phi) is 4.90. The van der Waals surface area contributed by atoms with E-state index in [-0.39, 0.29) is 23.4 Å². The Morgan fingerprint density at radius 2 is 1.96 bits per heavy atom. The van der Waals surface area contributed by atoms with E-state index < -0.39 is 6.10 Å². The van der Waals surface area contributed by atoms with Crippen LogP contribution < -0.4 is 14.8 Å². The van der Waals surface area contributed by atoms with E-state index in [4.69, 9.17) is 9.47 Å². The van der Waals surface area contributed by atoms with Crippen molar-refractivity contribution in [3.8, 4) is 11.5 Å². The number of halogens is 1. The summed E-state index contributed by atoms with van der Waals surface area (Å²) in [6.07, 6.45) is -0.0296. The minimum absolute atomic E-state index is 0.152. The molecule has 0 unspecified atom stereocenters. The highest BCUT2D eigenvalue weighted by molar-refractivity contribution is 5.81. The van der Waals surface area contributed by atoms with Crippen molar-refractivity contribution in [1.29, 1.82) is 0 Å². The molecule has 0 saturated carbocycles. The molecule has 1 heterocycles. The first-order valence-electron chi connectivity index (χ1n) is 8.76. The summed E-state index contributed by atoms with van der Waals surface area (Å²) in [5.74, 6) is 0.692.